The van der Waals surface area contributed by atoms with Gasteiger partial charge in [0.1, 0.15) is 0 Å². The van der Waals surface area contributed by atoms with E-state index in [2.05, 4.69) is 5.32 Å². The summed E-state index contributed by atoms with van der Waals surface area (Å²) in [7, 11) is -7.16. The van der Waals surface area contributed by atoms with Crippen LogP contribution in [-0.2, 0) is 24.7 Å². The summed E-state index contributed by atoms with van der Waals surface area (Å²) in [6.07, 6.45) is 1.09. The van der Waals surface area contributed by atoms with Gasteiger partial charge in [-0.1, -0.05) is 6.07 Å². The zero-order valence-electron chi connectivity index (χ0n) is 17.1. The van der Waals surface area contributed by atoms with E-state index in [9.17, 15) is 26.4 Å². The lowest BCUT2D eigenvalue weighted by Crippen LogP contribution is -2.49. The molecule has 2 aromatic carbocycles. The van der Waals surface area contributed by atoms with Crippen molar-refractivity contribution in [3.8, 4) is 0 Å². The van der Waals surface area contributed by atoms with Crippen molar-refractivity contribution in [3.05, 3.63) is 54.1 Å². The Morgan fingerprint density at radius 3 is 2.03 bits per heavy atom. The molecule has 2 aromatic rings. The molecule has 2 amide bonds. The van der Waals surface area contributed by atoms with Gasteiger partial charge < -0.3 is 10.2 Å². The molecule has 31 heavy (non-hydrogen) atoms. The first-order chi connectivity index (χ1) is 14.5. The van der Waals surface area contributed by atoms with Crippen LogP contribution in [0.15, 0.2) is 58.3 Å². The smallest absolute Gasteiger partial charge is 0.255 e. The Balaban J connectivity index is 1.75. The van der Waals surface area contributed by atoms with Crippen LogP contribution in [0.2, 0.25) is 0 Å². The van der Waals surface area contributed by atoms with Crippen LogP contribution in [0.4, 0.5) is 5.69 Å². The molecule has 11 heteroatoms. The Morgan fingerprint density at radius 1 is 0.871 bits per heavy atom. The Labute approximate surface area is 181 Å². The van der Waals surface area contributed by atoms with Crippen molar-refractivity contribution in [1.29, 1.82) is 0 Å². The Morgan fingerprint density at radius 2 is 1.48 bits per heavy atom. The number of benzene rings is 2. The minimum absolute atomic E-state index is 0.0103. The summed E-state index contributed by atoms with van der Waals surface area (Å²) in [4.78, 5) is 25.7. The van der Waals surface area contributed by atoms with Crippen molar-refractivity contribution >= 4 is 37.4 Å². The number of carbonyl (C=O) groups excluding carboxylic acids is 2. The maximum absolute atomic E-state index is 13.0. The quantitative estimate of drug-likeness (QED) is 0.708. The number of piperazine rings is 1. The van der Waals surface area contributed by atoms with Crippen molar-refractivity contribution < 1.29 is 26.4 Å². The fourth-order valence-electron chi connectivity index (χ4n) is 3.18. The van der Waals surface area contributed by atoms with Gasteiger partial charge in [-0.15, -0.1) is 0 Å². The normalized spacial score (nSPS) is 15.5. The van der Waals surface area contributed by atoms with Crippen molar-refractivity contribution in [1.82, 2.24) is 9.21 Å². The number of hydrogen-bond donors (Lipinski definition) is 1. The molecule has 1 fully saturated rings. The van der Waals surface area contributed by atoms with Crippen LogP contribution in [0.1, 0.15) is 17.3 Å². The number of nitrogens with one attached hydrogen (secondary N) is 1. The van der Waals surface area contributed by atoms with Crippen LogP contribution < -0.4 is 5.32 Å². The minimum atomic E-state index is -3.81. The second-order valence-electron chi connectivity index (χ2n) is 7.19. The molecule has 9 nitrogen and oxygen atoms in total. The lowest BCUT2D eigenvalue weighted by molar-refractivity contribution is -0.129. The first kappa shape index (κ1) is 22.9. The van der Waals surface area contributed by atoms with Crippen LogP contribution in [0.25, 0.3) is 0 Å². The number of sulfone groups is 1. The fourth-order valence-corrected chi connectivity index (χ4v) is 5.28. The highest BCUT2D eigenvalue weighted by Gasteiger charge is 2.29. The molecular formula is C20H23N3O6S2. The van der Waals surface area contributed by atoms with Crippen LogP contribution in [0.5, 0.6) is 0 Å². The van der Waals surface area contributed by atoms with E-state index in [0.29, 0.717) is 18.8 Å². The van der Waals surface area contributed by atoms with E-state index in [1.165, 1.54) is 59.8 Å². The van der Waals surface area contributed by atoms with Gasteiger partial charge in [-0.3, -0.25) is 9.59 Å². The molecule has 0 radical (unpaired) electrons. The zero-order chi connectivity index (χ0) is 22.8. The Hall–Kier alpha value is -2.76. The van der Waals surface area contributed by atoms with Crippen LogP contribution in [-0.4, -0.2) is 70.3 Å². The zero-order valence-corrected chi connectivity index (χ0v) is 18.7. The number of amides is 2. The van der Waals surface area contributed by atoms with Crippen molar-refractivity contribution in [3.63, 3.8) is 0 Å². The van der Waals surface area contributed by atoms with Crippen LogP contribution in [0.3, 0.4) is 0 Å². The largest absolute Gasteiger partial charge is 0.340 e. The van der Waals surface area contributed by atoms with Crippen molar-refractivity contribution in [2.45, 2.75) is 16.7 Å². The summed E-state index contributed by atoms with van der Waals surface area (Å²) in [5.41, 5.74) is 0.529. The minimum Gasteiger partial charge on any atom is -0.340 e. The molecule has 166 valence electrons. The van der Waals surface area contributed by atoms with Crippen LogP contribution >= 0.6 is 0 Å². The predicted octanol–water partition coefficient (Wildman–Crippen LogP) is 1.20. The molecule has 0 aliphatic carbocycles. The summed E-state index contributed by atoms with van der Waals surface area (Å²) >= 11 is 0. The molecule has 1 aliphatic rings. The standard InChI is InChI=1S/C20H23N3O6S2/c1-15(24)22-10-12-23(13-11-22)31(28,29)19-5-3-4-16(14-19)20(25)21-17-6-8-18(9-7-17)30(2,26)27/h3-9,14H,10-13H2,1-2H3,(H,21,25). The predicted molar refractivity (Wildman–Crippen MR) is 115 cm³/mol. The van der Waals surface area contributed by atoms with Gasteiger partial charge in [0.2, 0.25) is 15.9 Å². The molecule has 1 saturated heterocycles. The van der Waals surface area contributed by atoms with Gasteiger partial charge in [-0.25, -0.2) is 16.8 Å². The molecule has 0 spiro atoms. The summed E-state index contributed by atoms with van der Waals surface area (Å²) in [5.74, 6) is -0.620. The number of rotatable bonds is 5. The second kappa shape index (κ2) is 8.77. The maximum atomic E-state index is 13.0. The molecule has 0 aromatic heterocycles. The molecule has 1 N–H and O–H groups in total. The third-order valence-corrected chi connectivity index (χ3v) is 7.98. The number of sulfonamides is 1. The average molecular weight is 466 g/mol. The highest BCUT2D eigenvalue weighted by Crippen LogP contribution is 2.20. The number of nitrogens with zero attached hydrogens (tertiary/aromatic N) is 2. The van der Waals surface area contributed by atoms with E-state index in [-0.39, 0.29) is 34.4 Å². The summed E-state index contributed by atoms with van der Waals surface area (Å²) < 4.78 is 50.3. The topological polar surface area (TPSA) is 121 Å². The number of carbonyl (C=O) groups is 2. The van der Waals surface area contributed by atoms with Gasteiger partial charge in [0.15, 0.2) is 9.84 Å². The second-order valence-corrected chi connectivity index (χ2v) is 11.1. The molecule has 3 rings (SSSR count). The SMILES string of the molecule is CC(=O)N1CCN(S(=O)(=O)c2cccc(C(=O)Nc3ccc(S(C)(=O)=O)cc3)c2)CC1. The first-order valence-corrected chi connectivity index (χ1v) is 12.8. The van der Waals surface area contributed by atoms with Gasteiger partial charge in [0.25, 0.3) is 5.91 Å². The number of anilines is 1. The van der Waals surface area contributed by atoms with Gasteiger partial charge in [-0.2, -0.15) is 4.31 Å². The highest BCUT2D eigenvalue weighted by molar-refractivity contribution is 7.90. The van der Waals surface area contributed by atoms with Crippen LogP contribution in [0, 0.1) is 0 Å². The van der Waals surface area contributed by atoms with Gasteiger partial charge in [-0.05, 0) is 42.5 Å². The Bertz CT molecular complexity index is 1200. The lowest BCUT2D eigenvalue weighted by Gasteiger charge is -2.33. The van der Waals surface area contributed by atoms with E-state index >= 15 is 0 Å². The lowest BCUT2D eigenvalue weighted by atomic mass is 10.2. The van der Waals surface area contributed by atoms with Gasteiger partial charge in [0.05, 0.1) is 9.79 Å². The van der Waals surface area contributed by atoms with Crippen molar-refractivity contribution in [2.75, 3.05) is 37.8 Å². The van der Waals surface area contributed by atoms with E-state index < -0.39 is 25.8 Å². The third kappa shape index (κ3) is 5.30. The monoisotopic (exact) mass is 465 g/mol. The molecule has 0 saturated carbocycles. The summed E-state index contributed by atoms with van der Waals surface area (Å²) in [6.45, 7) is 2.45. The first-order valence-electron chi connectivity index (χ1n) is 9.46. The number of hydrogen-bond acceptors (Lipinski definition) is 6. The summed E-state index contributed by atoms with van der Waals surface area (Å²) in [5, 5.41) is 2.63. The average Bonchev–Trinajstić information content (AvgIpc) is 2.73. The van der Waals surface area contributed by atoms with E-state index in [1.54, 1.807) is 4.90 Å². The fraction of sp³-hybridized carbons (Fsp3) is 0.300. The molecular weight excluding hydrogens is 442 g/mol. The summed E-state index contributed by atoms with van der Waals surface area (Å²) in [6, 6.07) is 11.4. The molecule has 0 unspecified atom stereocenters. The Kier molecular flexibility index (Phi) is 6.48. The van der Waals surface area contributed by atoms with Crippen molar-refractivity contribution in [2.24, 2.45) is 0 Å². The maximum Gasteiger partial charge on any atom is 0.255 e. The highest BCUT2D eigenvalue weighted by atomic mass is 32.2. The van der Waals surface area contributed by atoms with E-state index in [4.69, 9.17) is 0 Å². The molecule has 0 atom stereocenters. The van der Waals surface area contributed by atoms with E-state index in [1.807, 2.05) is 0 Å². The van der Waals surface area contributed by atoms with Gasteiger partial charge in [0, 0.05) is 50.6 Å². The van der Waals surface area contributed by atoms with Gasteiger partial charge >= 0.3 is 0 Å². The van der Waals surface area contributed by atoms with E-state index in [0.717, 1.165) is 6.26 Å². The molecule has 1 heterocycles. The molecule has 0 bridgehead atoms. The molecule has 1 aliphatic heterocycles. The third-order valence-electron chi connectivity index (χ3n) is 4.96.